The van der Waals surface area contributed by atoms with Gasteiger partial charge in [-0.15, -0.1) is 0 Å². The first-order valence-electron chi connectivity index (χ1n) is 26.2. The van der Waals surface area contributed by atoms with Crippen molar-refractivity contribution in [2.75, 3.05) is 26.4 Å². The molecule has 1 unspecified atom stereocenters. The third-order valence-electron chi connectivity index (χ3n) is 14.7. The van der Waals surface area contributed by atoms with Crippen LogP contribution in [0.2, 0.25) is 0 Å². The van der Waals surface area contributed by atoms with Crippen molar-refractivity contribution in [2.24, 2.45) is 5.41 Å². The van der Waals surface area contributed by atoms with E-state index in [0.717, 1.165) is 92.4 Å². The number of thiocarbonyl (C=S) groups is 1. The fourth-order valence-electron chi connectivity index (χ4n) is 10.3. The summed E-state index contributed by atoms with van der Waals surface area (Å²) in [5, 5.41) is 61.8. The number of aliphatic hydroxyl groups is 3. The first kappa shape index (κ1) is 60.1. The van der Waals surface area contributed by atoms with Gasteiger partial charge in [-0.3, -0.25) is 14.4 Å². The zero-order valence-corrected chi connectivity index (χ0v) is 45.2. The van der Waals surface area contributed by atoms with E-state index in [0.29, 0.717) is 25.7 Å². The van der Waals surface area contributed by atoms with Crippen molar-refractivity contribution in [1.29, 1.82) is 0 Å². The molecular formula is C59H88O10S. The lowest BCUT2D eigenvalue weighted by atomic mass is 9.57. The molecule has 70 heavy (non-hydrogen) atoms. The SMILES string of the molecule is CCCCCCCCCCCCC(c1cc(C)c(CCC(=O)O)cc1C(C)C)C(C(=S)OCC(CO)(CO)CO)(c1cc(C)c(CCC(=O)O)cc1C(C)C)c1cc(C)c(CCC(=O)O)cc1C(C)C. The molecule has 0 saturated heterocycles. The number of carboxylic acid groups (broad SMARTS) is 3. The Morgan fingerprint density at radius 1 is 0.529 bits per heavy atom. The number of unbranched alkanes of at least 4 members (excludes halogenated alkanes) is 9. The minimum Gasteiger partial charge on any atom is -0.485 e. The maximum atomic E-state index is 12.0. The Kier molecular flexibility index (Phi) is 24.7. The summed E-state index contributed by atoms with van der Waals surface area (Å²) >= 11 is 6.88. The summed E-state index contributed by atoms with van der Waals surface area (Å²) in [7, 11) is 0. The zero-order chi connectivity index (χ0) is 52.3. The van der Waals surface area contributed by atoms with Gasteiger partial charge in [0.15, 0.2) is 5.05 Å². The zero-order valence-electron chi connectivity index (χ0n) is 44.3. The van der Waals surface area contributed by atoms with Crippen LogP contribution < -0.4 is 0 Å². The van der Waals surface area contributed by atoms with Crippen molar-refractivity contribution in [2.45, 2.75) is 207 Å². The van der Waals surface area contributed by atoms with Crippen LogP contribution in [0.25, 0.3) is 0 Å². The van der Waals surface area contributed by atoms with E-state index in [1.807, 2.05) is 20.8 Å². The van der Waals surface area contributed by atoms with E-state index in [2.05, 4.69) is 84.9 Å². The van der Waals surface area contributed by atoms with Gasteiger partial charge in [0, 0.05) is 25.2 Å². The van der Waals surface area contributed by atoms with Crippen molar-refractivity contribution in [3.63, 3.8) is 0 Å². The molecule has 6 N–H and O–H groups in total. The first-order valence-corrected chi connectivity index (χ1v) is 26.6. The van der Waals surface area contributed by atoms with E-state index in [9.17, 15) is 45.0 Å². The van der Waals surface area contributed by atoms with Crippen LogP contribution in [-0.2, 0) is 43.8 Å². The lowest BCUT2D eigenvalue weighted by molar-refractivity contribution is -0.138. The normalized spacial score (nSPS) is 12.6. The van der Waals surface area contributed by atoms with Crippen LogP contribution in [0.1, 0.15) is 229 Å². The summed E-state index contributed by atoms with van der Waals surface area (Å²) in [6, 6.07) is 13.0. The molecule has 11 heteroatoms. The predicted octanol–water partition coefficient (Wildman–Crippen LogP) is 12.7. The maximum Gasteiger partial charge on any atom is 0.303 e. The smallest absolute Gasteiger partial charge is 0.303 e. The molecule has 3 aromatic carbocycles. The van der Waals surface area contributed by atoms with Crippen LogP contribution in [0.3, 0.4) is 0 Å². The Bertz CT molecular complexity index is 2100. The average molecular weight is 989 g/mol. The Hall–Kier alpha value is -4.16. The van der Waals surface area contributed by atoms with Crippen molar-refractivity contribution in [3.05, 3.63) is 103 Å². The molecule has 0 radical (unpaired) electrons. The van der Waals surface area contributed by atoms with Crippen LogP contribution in [0.15, 0.2) is 36.4 Å². The molecule has 0 aromatic heterocycles. The molecule has 390 valence electrons. The third kappa shape index (κ3) is 15.9. The Morgan fingerprint density at radius 2 is 0.886 bits per heavy atom. The molecule has 1 atom stereocenters. The Morgan fingerprint density at radius 3 is 1.24 bits per heavy atom. The highest BCUT2D eigenvalue weighted by atomic mass is 32.1. The molecule has 0 amide bonds. The molecule has 0 heterocycles. The number of aliphatic carboxylic acids is 3. The van der Waals surface area contributed by atoms with Gasteiger partial charge >= 0.3 is 17.9 Å². The van der Waals surface area contributed by atoms with Crippen molar-refractivity contribution in [3.8, 4) is 0 Å². The second-order valence-electron chi connectivity index (χ2n) is 21.2. The van der Waals surface area contributed by atoms with Gasteiger partial charge in [0.2, 0.25) is 0 Å². The minimum atomic E-state index is -1.43. The van der Waals surface area contributed by atoms with Crippen LogP contribution in [0, 0.1) is 26.2 Å². The van der Waals surface area contributed by atoms with Gasteiger partial charge in [-0.25, -0.2) is 0 Å². The van der Waals surface area contributed by atoms with Gasteiger partial charge < -0.3 is 35.4 Å². The number of benzene rings is 3. The van der Waals surface area contributed by atoms with Crippen LogP contribution in [0.4, 0.5) is 0 Å². The monoisotopic (exact) mass is 989 g/mol. The van der Waals surface area contributed by atoms with E-state index >= 15 is 0 Å². The first-order chi connectivity index (χ1) is 33.1. The number of aryl methyl sites for hydroxylation is 6. The molecular weight excluding hydrogens is 901 g/mol. The number of aliphatic hydroxyl groups excluding tert-OH is 3. The minimum absolute atomic E-state index is 0.00166. The molecule has 0 aliphatic heterocycles. The van der Waals surface area contributed by atoms with E-state index in [1.165, 1.54) is 38.5 Å². The highest BCUT2D eigenvalue weighted by Gasteiger charge is 2.52. The summed E-state index contributed by atoms with van der Waals surface area (Å²) < 4.78 is 6.97. The quantitative estimate of drug-likeness (QED) is 0.0252. The number of carboxylic acids is 3. The number of hydrogen-bond donors (Lipinski definition) is 6. The summed E-state index contributed by atoms with van der Waals surface area (Å²) in [5.41, 5.74) is 8.63. The lowest BCUT2D eigenvalue weighted by Gasteiger charge is -2.47. The van der Waals surface area contributed by atoms with E-state index in [-0.39, 0.29) is 48.7 Å². The number of ether oxygens (including phenoxy) is 1. The van der Waals surface area contributed by atoms with E-state index in [4.69, 9.17) is 17.0 Å². The molecule has 0 fully saturated rings. The largest absolute Gasteiger partial charge is 0.485 e. The molecule has 0 saturated carbocycles. The number of hydrogen-bond acceptors (Lipinski definition) is 8. The predicted molar refractivity (Wildman–Crippen MR) is 286 cm³/mol. The molecule has 0 aliphatic rings. The molecule has 3 aromatic rings. The van der Waals surface area contributed by atoms with Crippen LogP contribution >= 0.6 is 12.2 Å². The second-order valence-corrected chi connectivity index (χ2v) is 21.5. The topological polar surface area (TPSA) is 182 Å². The fraction of sp³-hybridized carbons (Fsp3) is 0.627. The van der Waals surface area contributed by atoms with Crippen molar-refractivity contribution in [1.82, 2.24) is 0 Å². The fourth-order valence-corrected chi connectivity index (χ4v) is 10.7. The maximum absolute atomic E-state index is 12.0. The van der Waals surface area contributed by atoms with Crippen LogP contribution in [0.5, 0.6) is 0 Å². The summed E-state index contributed by atoms with van der Waals surface area (Å²) in [6.45, 7) is 19.1. The lowest BCUT2D eigenvalue weighted by Crippen LogP contribution is -2.48. The van der Waals surface area contributed by atoms with Gasteiger partial charge in [-0.1, -0.05) is 149 Å². The molecule has 0 bridgehead atoms. The molecule has 0 aliphatic carbocycles. The van der Waals surface area contributed by atoms with E-state index < -0.39 is 54.5 Å². The summed E-state index contributed by atoms with van der Waals surface area (Å²) in [6.07, 6.45) is 13.0. The average Bonchev–Trinajstić information content (AvgIpc) is 3.30. The Balaban J connectivity index is 2.73. The number of carbonyl (C=O) groups is 3. The van der Waals surface area contributed by atoms with Gasteiger partial charge in [0.05, 0.1) is 30.7 Å². The van der Waals surface area contributed by atoms with Gasteiger partial charge in [-0.2, -0.15) is 0 Å². The number of rotatable bonds is 33. The van der Waals surface area contributed by atoms with Crippen LogP contribution in [-0.4, -0.2) is 80.0 Å². The van der Waals surface area contributed by atoms with Crippen molar-refractivity contribution < 1.29 is 49.8 Å². The second kappa shape index (κ2) is 28.8. The molecule has 0 spiro atoms. The Labute approximate surface area is 425 Å². The standard InChI is InChI=1S/C59H88O10S/c1-11-12-13-14-15-16-17-18-19-20-21-51(50-28-41(8)44(22-25-54(63)64)31-47(50)38(2)3)59(57(70)69-37-58(34-60,35-61)36-62,52-29-42(9)45(23-26-55(65)66)32-48(52)39(4)5)53-30-43(10)46(24-27-56(67)68)33-49(53)40(6)7/h28-33,38-40,51,60-62H,11-27,34-37H2,1-10H3,(H,63,64)(H,65,66)(H,67,68). The summed E-state index contributed by atoms with van der Waals surface area (Å²) in [5.74, 6) is -3.25. The molecule has 3 rings (SSSR count). The highest BCUT2D eigenvalue weighted by Crippen LogP contribution is 2.55. The van der Waals surface area contributed by atoms with Crippen molar-refractivity contribution >= 4 is 35.2 Å². The highest BCUT2D eigenvalue weighted by molar-refractivity contribution is 7.80. The third-order valence-corrected chi connectivity index (χ3v) is 15.1. The van der Waals surface area contributed by atoms with Gasteiger partial charge in [0.1, 0.15) is 6.61 Å². The van der Waals surface area contributed by atoms with E-state index in [1.54, 1.807) is 0 Å². The molecule has 10 nitrogen and oxygen atoms in total. The van der Waals surface area contributed by atoms with Gasteiger partial charge in [-0.05, 0) is 143 Å². The summed E-state index contributed by atoms with van der Waals surface area (Å²) in [4.78, 5) is 36.0. The van der Waals surface area contributed by atoms with Gasteiger partial charge in [0.25, 0.3) is 0 Å².